The molecule has 0 radical (unpaired) electrons. The highest BCUT2D eigenvalue weighted by Crippen LogP contribution is 2.32. The highest BCUT2D eigenvalue weighted by Gasteiger charge is 2.22. The minimum atomic E-state index is 0.287. The van der Waals surface area contributed by atoms with Gasteiger partial charge in [-0.1, -0.05) is 16.8 Å². The van der Waals surface area contributed by atoms with Gasteiger partial charge in [0.05, 0.1) is 18.6 Å². The van der Waals surface area contributed by atoms with Crippen LogP contribution in [0.1, 0.15) is 24.7 Å². The fourth-order valence-corrected chi connectivity index (χ4v) is 2.60. The smallest absolute Gasteiger partial charge is 0.231 e. The lowest BCUT2D eigenvalue weighted by Crippen LogP contribution is -2.28. The minimum absolute atomic E-state index is 0.287. The van der Waals surface area contributed by atoms with E-state index in [9.17, 15) is 0 Å². The summed E-state index contributed by atoms with van der Waals surface area (Å²) in [7, 11) is 1.61. The monoisotopic (exact) mass is 293 g/mol. The first-order chi connectivity index (χ1) is 9.78. The summed E-state index contributed by atoms with van der Waals surface area (Å²) in [6, 6.07) is 5.36. The number of ether oxygens (including phenoxy) is 1. The SMILES string of the molecule is COc1ccc(Cl)cc1-c1noc([C@@H]2CCCNC2)n1. The molecule has 0 aliphatic carbocycles. The van der Waals surface area contributed by atoms with E-state index in [2.05, 4.69) is 15.5 Å². The van der Waals surface area contributed by atoms with Crippen molar-refractivity contribution in [1.29, 1.82) is 0 Å². The molecule has 0 amide bonds. The molecule has 6 heteroatoms. The topological polar surface area (TPSA) is 60.2 Å². The van der Waals surface area contributed by atoms with Crippen molar-refractivity contribution in [3.8, 4) is 17.1 Å². The zero-order chi connectivity index (χ0) is 13.9. The number of rotatable bonds is 3. The van der Waals surface area contributed by atoms with Crippen LogP contribution in [-0.4, -0.2) is 30.3 Å². The molecule has 1 saturated heterocycles. The Hall–Kier alpha value is -1.59. The molecule has 0 saturated carbocycles. The van der Waals surface area contributed by atoms with E-state index in [4.69, 9.17) is 20.9 Å². The Labute approximate surface area is 122 Å². The molecule has 20 heavy (non-hydrogen) atoms. The van der Waals surface area contributed by atoms with Gasteiger partial charge in [0.1, 0.15) is 5.75 Å². The first-order valence-electron chi connectivity index (χ1n) is 6.66. The van der Waals surface area contributed by atoms with Gasteiger partial charge in [-0.25, -0.2) is 0 Å². The fourth-order valence-electron chi connectivity index (χ4n) is 2.43. The highest BCUT2D eigenvalue weighted by atomic mass is 35.5. The number of nitrogens with zero attached hydrogens (tertiary/aromatic N) is 2. The van der Waals surface area contributed by atoms with Gasteiger partial charge in [-0.05, 0) is 37.6 Å². The van der Waals surface area contributed by atoms with Gasteiger partial charge in [0.15, 0.2) is 0 Å². The Balaban J connectivity index is 1.91. The average molecular weight is 294 g/mol. The van der Waals surface area contributed by atoms with Crippen LogP contribution in [0.3, 0.4) is 0 Å². The van der Waals surface area contributed by atoms with Crippen LogP contribution in [0.15, 0.2) is 22.7 Å². The lowest BCUT2D eigenvalue weighted by atomic mass is 10.00. The molecule has 3 rings (SSSR count). The summed E-state index contributed by atoms with van der Waals surface area (Å²) >= 11 is 6.03. The molecule has 5 nitrogen and oxygen atoms in total. The van der Waals surface area contributed by atoms with Gasteiger partial charge in [-0.3, -0.25) is 0 Å². The normalized spacial score (nSPS) is 19.0. The van der Waals surface area contributed by atoms with Crippen molar-refractivity contribution in [1.82, 2.24) is 15.5 Å². The third kappa shape index (κ3) is 2.64. The molecule has 1 N–H and O–H groups in total. The van der Waals surface area contributed by atoms with Gasteiger partial charge in [-0.15, -0.1) is 0 Å². The molecule has 1 fully saturated rings. The summed E-state index contributed by atoms with van der Waals surface area (Å²) in [5.41, 5.74) is 0.749. The van der Waals surface area contributed by atoms with E-state index in [0.717, 1.165) is 31.5 Å². The van der Waals surface area contributed by atoms with E-state index in [1.165, 1.54) is 0 Å². The van der Waals surface area contributed by atoms with Gasteiger partial charge in [0.25, 0.3) is 0 Å². The number of hydrogen-bond donors (Lipinski definition) is 1. The molecule has 0 spiro atoms. The summed E-state index contributed by atoms with van der Waals surface area (Å²) < 4.78 is 10.7. The fraction of sp³-hybridized carbons (Fsp3) is 0.429. The molecule has 106 valence electrons. The number of aromatic nitrogens is 2. The quantitative estimate of drug-likeness (QED) is 0.943. The second-order valence-electron chi connectivity index (χ2n) is 4.84. The van der Waals surface area contributed by atoms with Crippen LogP contribution >= 0.6 is 11.6 Å². The molecular weight excluding hydrogens is 278 g/mol. The highest BCUT2D eigenvalue weighted by molar-refractivity contribution is 6.30. The molecular formula is C14H16ClN3O2. The van der Waals surface area contributed by atoms with Crippen molar-refractivity contribution >= 4 is 11.6 Å². The zero-order valence-electron chi connectivity index (χ0n) is 11.2. The van der Waals surface area contributed by atoms with Crippen LogP contribution in [0.25, 0.3) is 11.4 Å². The molecule has 1 aromatic heterocycles. The second-order valence-corrected chi connectivity index (χ2v) is 5.28. The van der Waals surface area contributed by atoms with Gasteiger partial charge in [0, 0.05) is 11.6 Å². The Morgan fingerprint density at radius 1 is 1.45 bits per heavy atom. The molecule has 2 heterocycles. The first kappa shape index (κ1) is 13.4. The molecule has 1 aliphatic rings. The summed E-state index contributed by atoms with van der Waals surface area (Å²) in [5, 5.41) is 8.02. The van der Waals surface area contributed by atoms with Gasteiger partial charge in [0.2, 0.25) is 11.7 Å². The van der Waals surface area contributed by atoms with Crippen molar-refractivity contribution < 1.29 is 9.26 Å². The molecule has 0 unspecified atom stereocenters. The lowest BCUT2D eigenvalue weighted by Gasteiger charge is -2.18. The molecule has 1 aliphatic heterocycles. The van der Waals surface area contributed by atoms with E-state index in [0.29, 0.717) is 22.5 Å². The Morgan fingerprint density at radius 3 is 3.10 bits per heavy atom. The second kappa shape index (κ2) is 5.81. The Bertz CT molecular complexity index is 594. The number of benzene rings is 1. The number of hydrogen-bond acceptors (Lipinski definition) is 5. The van der Waals surface area contributed by atoms with Crippen LogP contribution in [-0.2, 0) is 0 Å². The van der Waals surface area contributed by atoms with E-state index in [1.807, 2.05) is 0 Å². The zero-order valence-corrected chi connectivity index (χ0v) is 12.0. The van der Waals surface area contributed by atoms with Gasteiger partial charge >= 0.3 is 0 Å². The van der Waals surface area contributed by atoms with Crippen LogP contribution in [0, 0.1) is 0 Å². The standard InChI is InChI=1S/C14H16ClN3O2/c1-19-12-5-4-10(15)7-11(12)13-17-14(20-18-13)9-3-2-6-16-8-9/h4-5,7,9,16H,2-3,6,8H2,1H3/t9-/m1/s1. The molecule has 0 bridgehead atoms. The Morgan fingerprint density at radius 2 is 2.35 bits per heavy atom. The third-order valence-electron chi connectivity index (χ3n) is 3.49. The Kier molecular flexibility index (Phi) is 3.89. The third-order valence-corrected chi connectivity index (χ3v) is 3.73. The van der Waals surface area contributed by atoms with Gasteiger partial charge in [-0.2, -0.15) is 4.98 Å². The van der Waals surface area contributed by atoms with E-state index in [1.54, 1.807) is 25.3 Å². The van der Waals surface area contributed by atoms with Crippen LogP contribution < -0.4 is 10.1 Å². The number of halogens is 1. The summed E-state index contributed by atoms with van der Waals surface area (Å²) in [6.07, 6.45) is 2.20. The predicted octanol–water partition coefficient (Wildman–Crippen LogP) is 2.87. The van der Waals surface area contributed by atoms with Crippen LogP contribution in [0.5, 0.6) is 5.75 Å². The average Bonchev–Trinajstić information content (AvgIpc) is 2.98. The van der Waals surface area contributed by atoms with Crippen molar-refractivity contribution in [2.75, 3.05) is 20.2 Å². The van der Waals surface area contributed by atoms with Crippen LogP contribution in [0.4, 0.5) is 0 Å². The molecule has 1 aromatic carbocycles. The minimum Gasteiger partial charge on any atom is -0.496 e. The molecule has 2 aromatic rings. The van der Waals surface area contributed by atoms with Crippen molar-refractivity contribution in [2.24, 2.45) is 0 Å². The van der Waals surface area contributed by atoms with E-state index in [-0.39, 0.29) is 5.92 Å². The van der Waals surface area contributed by atoms with E-state index < -0.39 is 0 Å². The summed E-state index contributed by atoms with van der Waals surface area (Å²) in [5.74, 6) is 2.16. The maximum Gasteiger partial charge on any atom is 0.231 e. The first-order valence-corrected chi connectivity index (χ1v) is 7.04. The number of methoxy groups -OCH3 is 1. The summed E-state index contributed by atoms with van der Waals surface area (Å²) in [6.45, 7) is 1.94. The molecule has 1 atom stereocenters. The van der Waals surface area contributed by atoms with Crippen molar-refractivity contribution in [3.63, 3.8) is 0 Å². The van der Waals surface area contributed by atoms with Gasteiger partial charge < -0.3 is 14.6 Å². The van der Waals surface area contributed by atoms with E-state index >= 15 is 0 Å². The summed E-state index contributed by atoms with van der Waals surface area (Å²) in [4.78, 5) is 4.50. The van der Waals surface area contributed by atoms with Crippen LogP contribution in [0.2, 0.25) is 5.02 Å². The lowest BCUT2D eigenvalue weighted by molar-refractivity contribution is 0.322. The maximum absolute atomic E-state index is 6.03. The number of nitrogens with one attached hydrogen (secondary N) is 1. The number of piperidine rings is 1. The largest absolute Gasteiger partial charge is 0.496 e. The van der Waals surface area contributed by atoms with Crippen molar-refractivity contribution in [2.45, 2.75) is 18.8 Å². The predicted molar refractivity (Wildman–Crippen MR) is 76.1 cm³/mol. The van der Waals surface area contributed by atoms with Crippen molar-refractivity contribution in [3.05, 3.63) is 29.1 Å². The maximum atomic E-state index is 6.03.